The van der Waals surface area contributed by atoms with Crippen molar-refractivity contribution in [2.24, 2.45) is 16.6 Å². The Kier molecular flexibility index (Phi) is 10.3. The normalized spacial score (nSPS) is 12.9. The van der Waals surface area contributed by atoms with Crippen molar-refractivity contribution in [3.05, 3.63) is 81.9 Å². The minimum Gasteiger partial charge on any atom is -0.365 e. The molecule has 33 heavy (non-hydrogen) atoms. The molecule has 2 rings (SSSR count). The quantitative estimate of drug-likeness (QED) is 0.0999. The molecule has 0 heterocycles. The summed E-state index contributed by atoms with van der Waals surface area (Å²) in [6.45, 7) is 0.542. The van der Waals surface area contributed by atoms with Crippen molar-refractivity contribution in [2.45, 2.75) is 37.9 Å². The average Bonchev–Trinajstić information content (AvgIpc) is 2.80. The maximum Gasteiger partial charge on any atom is 0.266 e. The number of hydrazone groups is 1. The predicted octanol–water partition coefficient (Wildman–Crippen LogP) is 0.234. The van der Waals surface area contributed by atoms with Gasteiger partial charge in [0.2, 0.25) is 11.8 Å². The molecule has 0 aliphatic heterocycles. The molecule has 2 atom stereocenters. The number of hydrogen-bond acceptors (Lipinski definition) is 5. The summed E-state index contributed by atoms with van der Waals surface area (Å²) >= 11 is 0. The fourth-order valence-electron chi connectivity index (χ4n) is 3.06. The van der Waals surface area contributed by atoms with Crippen LogP contribution in [0.2, 0.25) is 0 Å². The van der Waals surface area contributed by atoms with Crippen molar-refractivity contribution in [3.8, 4) is 0 Å². The number of amides is 2. The molecule has 0 saturated carbocycles. The van der Waals surface area contributed by atoms with E-state index in [1.54, 1.807) is 0 Å². The van der Waals surface area contributed by atoms with Crippen LogP contribution in [0.15, 0.2) is 65.8 Å². The Morgan fingerprint density at radius 2 is 1.58 bits per heavy atom. The van der Waals surface area contributed by atoms with Gasteiger partial charge in [0, 0.05) is 13.1 Å². The molecule has 7 N–H and O–H groups in total. The van der Waals surface area contributed by atoms with E-state index in [-0.39, 0.29) is 24.8 Å². The third kappa shape index (κ3) is 9.78. The van der Waals surface area contributed by atoms with E-state index in [0.717, 1.165) is 11.1 Å². The number of hydrogen-bond donors (Lipinski definition) is 5. The van der Waals surface area contributed by atoms with Gasteiger partial charge in [0.25, 0.3) is 5.96 Å². The molecule has 2 aromatic carbocycles. The molecule has 0 unspecified atom stereocenters. The van der Waals surface area contributed by atoms with E-state index < -0.39 is 23.0 Å². The lowest BCUT2D eigenvalue weighted by molar-refractivity contribution is -0.485. The van der Waals surface area contributed by atoms with Gasteiger partial charge in [-0.05, 0) is 30.4 Å². The zero-order valence-electron chi connectivity index (χ0n) is 18.1. The highest BCUT2D eigenvalue weighted by Crippen LogP contribution is 2.05. The first kappa shape index (κ1) is 25.3. The summed E-state index contributed by atoms with van der Waals surface area (Å²) in [4.78, 5) is 35.8. The lowest BCUT2D eigenvalue weighted by Crippen LogP contribution is -2.52. The monoisotopic (exact) mass is 455 g/mol. The molecule has 0 radical (unpaired) electrons. The van der Waals surface area contributed by atoms with Crippen LogP contribution in [-0.4, -0.2) is 41.4 Å². The lowest BCUT2D eigenvalue weighted by Gasteiger charge is -2.21. The Hall–Kier alpha value is -3.99. The number of carbonyl (C=O) groups is 2. The number of nitro groups is 1. The van der Waals surface area contributed by atoms with Crippen LogP contribution >= 0.6 is 0 Å². The van der Waals surface area contributed by atoms with Crippen LogP contribution in [0.4, 0.5) is 0 Å². The van der Waals surface area contributed by atoms with E-state index >= 15 is 0 Å². The van der Waals surface area contributed by atoms with Crippen LogP contribution in [0.5, 0.6) is 0 Å². The number of guanidine groups is 1. The van der Waals surface area contributed by atoms with Gasteiger partial charge in [-0.25, -0.2) is 10.1 Å². The summed E-state index contributed by atoms with van der Waals surface area (Å²) < 4.78 is 0. The van der Waals surface area contributed by atoms with Crippen molar-refractivity contribution < 1.29 is 14.6 Å². The molecule has 2 aromatic rings. The van der Waals surface area contributed by atoms with E-state index in [2.05, 4.69) is 21.1 Å². The Labute approximate surface area is 191 Å². The standard InChI is InChI=1S/C22H29N7O4/c23-18(14-16-8-3-1-4-9-16)20(30)27-19(12-7-13-25-22(24)28-29(32)33)21(31)26-15-17-10-5-2-6-11-17/h1-6,8-11,18-19H,7,12-15,23H2,(H,26,31)(H,27,30)(H3,24,25,28)/t18-,19+/m1/s1. The summed E-state index contributed by atoms with van der Waals surface area (Å²) in [5.41, 5.74) is 13.3. The second-order valence-electron chi connectivity index (χ2n) is 7.35. The third-order valence-corrected chi connectivity index (χ3v) is 4.74. The molecule has 0 aliphatic carbocycles. The van der Waals surface area contributed by atoms with Crippen molar-refractivity contribution in [1.29, 1.82) is 0 Å². The molecule has 176 valence electrons. The van der Waals surface area contributed by atoms with E-state index in [9.17, 15) is 19.7 Å². The molecular weight excluding hydrogens is 426 g/mol. The molecule has 0 aliphatic rings. The first-order chi connectivity index (χ1) is 15.8. The van der Waals surface area contributed by atoms with Crippen molar-refractivity contribution in [1.82, 2.24) is 16.0 Å². The third-order valence-electron chi connectivity index (χ3n) is 4.74. The second-order valence-corrected chi connectivity index (χ2v) is 7.35. The van der Waals surface area contributed by atoms with Gasteiger partial charge in [0.15, 0.2) is 5.03 Å². The predicted molar refractivity (Wildman–Crippen MR) is 124 cm³/mol. The smallest absolute Gasteiger partial charge is 0.266 e. The van der Waals surface area contributed by atoms with Gasteiger partial charge in [-0.15, -0.1) is 0 Å². The largest absolute Gasteiger partial charge is 0.365 e. The fraction of sp³-hybridized carbons (Fsp3) is 0.318. The molecule has 0 bridgehead atoms. The highest BCUT2D eigenvalue weighted by atomic mass is 16.7. The SMILES string of the molecule is NC(=N[N+](=O)[O-])NCCC[C@H](NC(=O)[C@H](N)Cc1ccccc1)C(=O)NCc1ccccc1. The minimum atomic E-state index is -0.906. The Balaban J connectivity index is 1.95. The number of nitrogens with two attached hydrogens (primary N) is 2. The van der Waals surface area contributed by atoms with Crippen molar-refractivity contribution >= 4 is 17.8 Å². The number of benzene rings is 2. The van der Waals surface area contributed by atoms with E-state index in [1.807, 2.05) is 60.7 Å². The zero-order chi connectivity index (χ0) is 24.1. The molecule has 0 spiro atoms. The zero-order valence-corrected chi connectivity index (χ0v) is 18.1. The van der Waals surface area contributed by atoms with Crippen LogP contribution in [-0.2, 0) is 22.6 Å². The van der Waals surface area contributed by atoms with Crippen molar-refractivity contribution in [3.63, 3.8) is 0 Å². The second kappa shape index (κ2) is 13.4. The number of rotatable bonds is 12. The maximum atomic E-state index is 12.8. The molecule has 2 amide bonds. The Morgan fingerprint density at radius 1 is 0.970 bits per heavy atom. The average molecular weight is 456 g/mol. The van der Waals surface area contributed by atoms with Crippen LogP contribution < -0.4 is 27.4 Å². The number of nitrogens with zero attached hydrogens (tertiary/aromatic N) is 2. The van der Waals surface area contributed by atoms with Gasteiger partial charge in [0.05, 0.1) is 6.04 Å². The highest BCUT2D eigenvalue weighted by molar-refractivity contribution is 5.89. The van der Waals surface area contributed by atoms with Gasteiger partial charge in [-0.1, -0.05) is 60.7 Å². The maximum absolute atomic E-state index is 12.8. The van der Waals surface area contributed by atoms with Crippen LogP contribution in [0, 0.1) is 10.1 Å². The van der Waals surface area contributed by atoms with Gasteiger partial charge in [-0.3, -0.25) is 9.59 Å². The van der Waals surface area contributed by atoms with Gasteiger partial charge in [0.1, 0.15) is 11.1 Å². The summed E-state index contributed by atoms with van der Waals surface area (Å²) in [5, 5.41) is 20.5. The molecule has 11 heteroatoms. The van der Waals surface area contributed by atoms with Gasteiger partial charge < -0.3 is 27.4 Å². The molecule has 0 saturated heterocycles. The first-order valence-corrected chi connectivity index (χ1v) is 10.5. The van der Waals surface area contributed by atoms with Crippen molar-refractivity contribution in [2.75, 3.05) is 6.54 Å². The van der Waals surface area contributed by atoms with E-state index in [0.29, 0.717) is 19.4 Å². The Morgan fingerprint density at radius 3 is 2.18 bits per heavy atom. The van der Waals surface area contributed by atoms with E-state index in [4.69, 9.17) is 11.5 Å². The summed E-state index contributed by atoms with van der Waals surface area (Å²) in [5.74, 6) is -1.13. The number of nitrogens with one attached hydrogen (secondary N) is 3. The molecule has 11 nitrogen and oxygen atoms in total. The van der Waals surface area contributed by atoms with Gasteiger partial charge in [-0.2, -0.15) is 0 Å². The first-order valence-electron chi connectivity index (χ1n) is 10.5. The van der Waals surface area contributed by atoms with Crippen LogP contribution in [0.3, 0.4) is 0 Å². The van der Waals surface area contributed by atoms with Crippen LogP contribution in [0.1, 0.15) is 24.0 Å². The lowest BCUT2D eigenvalue weighted by atomic mass is 10.0. The van der Waals surface area contributed by atoms with E-state index in [1.165, 1.54) is 0 Å². The van der Waals surface area contributed by atoms with Gasteiger partial charge >= 0.3 is 0 Å². The minimum absolute atomic E-state index is 0.234. The Bertz CT molecular complexity index is 938. The summed E-state index contributed by atoms with van der Waals surface area (Å²) in [6.07, 6.45) is 0.995. The summed E-state index contributed by atoms with van der Waals surface area (Å²) in [6, 6.07) is 17.1. The number of carbonyl (C=O) groups excluding carboxylic acids is 2. The molecular formula is C22H29N7O4. The van der Waals surface area contributed by atoms with Crippen LogP contribution in [0.25, 0.3) is 0 Å². The topological polar surface area (TPSA) is 178 Å². The fourth-order valence-corrected chi connectivity index (χ4v) is 3.06. The summed E-state index contributed by atoms with van der Waals surface area (Å²) in [7, 11) is 0. The highest BCUT2D eigenvalue weighted by Gasteiger charge is 2.23. The molecule has 0 aromatic heterocycles. The molecule has 0 fully saturated rings.